The summed E-state index contributed by atoms with van der Waals surface area (Å²) in [5.41, 5.74) is 1.22. The van der Waals surface area contributed by atoms with Crippen LogP contribution in [0.5, 0.6) is 0 Å². The van der Waals surface area contributed by atoms with E-state index in [4.69, 9.17) is 4.84 Å². The minimum absolute atomic E-state index is 0.781. The van der Waals surface area contributed by atoms with E-state index in [9.17, 15) is 0 Å². The summed E-state index contributed by atoms with van der Waals surface area (Å²) in [6.45, 7) is 2.30. The summed E-state index contributed by atoms with van der Waals surface area (Å²) in [6.07, 6.45) is 3.85. The Labute approximate surface area is 67.0 Å². The smallest absolute Gasteiger partial charge is 0.106 e. The fraction of sp³-hybridized carbons (Fsp3) is 0.875. The normalized spacial score (nSPS) is 34.6. The van der Waals surface area contributed by atoms with Crippen LogP contribution in [0.15, 0.2) is 5.16 Å². The lowest BCUT2D eigenvalue weighted by Crippen LogP contribution is -2.22. The predicted octanol–water partition coefficient (Wildman–Crippen LogP) is 0.857. The van der Waals surface area contributed by atoms with E-state index >= 15 is 0 Å². The van der Waals surface area contributed by atoms with E-state index in [1.165, 1.54) is 25.1 Å². The maximum Gasteiger partial charge on any atom is 0.106 e. The van der Waals surface area contributed by atoms with Crippen LogP contribution >= 0.6 is 0 Å². The first-order chi connectivity index (χ1) is 5.40. The molecule has 0 radical (unpaired) electrons. The van der Waals surface area contributed by atoms with Gasteiger partial charge in [-0.05, 0) is 19.4 Å². The molecule has 0 aromatic heterocycles. The van der Waals surface area contributed by atoms with Gasteiger partial charge in [-0.1, -0.05) is 5.16 Å². The molecule has 2 aliphatic heterocycles. The Hall–Kier alpha value is -0.570. The van der Waals surface area contributed by atoms with Gasteiger partial charge in [0, 0.05) is 19.0 Å². The third-order valence-corrected chi connectivity index (χ3v) is 2.58. The Balaban J connectivity index is 1.99. The van der Waals surface area contributed by atoms with Crippen LogP contribution in [-0.4, -0.2) is 36.9 Å². The SMILES string of the molecule is CO/N=C1/CC2CCCN2C1. The molecule has 1 unspecified atom stereocenters. The zero-order chi connectivity index (χ0) is 7.68. The van der Waals surface area contributed by atoms with E-state index in [0.717, 1.165) is 19.0 Å². The molecule has 11 heavy (non-hydrogen) atoms. The van der Waals surface area contributed by atoms with Crippen molar-refractivity contribution < 1.29 is 4.84 Å². The second-order valence-electron chi connectivity index (χ2n) is 3.31. The first-order valence-electron chi connectivity index (χ1n) is 4.23. The van der Waals surface area contributed by atoms with Crippen LogP contribution in [0, 0.1) is 0 Å². The van der Waals surface area contributed by atoms with Crippen molar-refractivity contribution in [2.75, 3.05) is 20.2 Å². The van der Waals surface area contributed by atoms with Gasteiger partial charge >= 0.3 is 0 Å². The second-order valence-corrected chi connectivity index (χ2v) is 3.31. The fourth-order valence-corrected chi connectivity index (χ4v) is 2.10. The van der Waals surface area contributed by atoms with Gasteiger partial charge < -0.3 is 4.84 Å². The number of hydrogen-bond donors (Lipinski definition) is 0. The molecule has 2 rings (SSSR count). The predicted molar refractivity (Wildman–Crippen MR) is 43.7 cm³/mol. The zero-order valence-corrected chi connectivity index (χ0v) is 6.92. The van der Waals surface area contributed by atoms with Gasteiger partial charge in [-0.2, -0.15) is 0 Å². The number of fused-ring (bicyclic) bond motifs is 1. The van der Waals surface area contributed by atoms with Gasteiger partial charge in [0.1, 0.15) is 7.11 Å². The van der Waals surface area contributed by atoms with Crippen LogP contribution in [0.25, 0.3) is 0 Å². The molecule has 2 heterocycles. The summed E-state index contributed by atoms with van der Waals surface area (Å²) in [5, 5.41) is 3.98. The van der Waals surface area contributed by atoms with E-state index in [-0.39, 0.29) is 0 Å². The summed E-state index contributed by atoms with van der Waals surface area (Å²) < 4.78 is 0. The van der Waals surface area contributed by atoms with Crippen molar-refractivity contribution in [1.82, 2.24) is 4.90 Å². The molecule has 62 valence electrons. The van der Waals surface area contributed by atoms with Gasteiger partial charge in [-0.15, -0.1) is 0 Å². The van der Waals surface area contributed by atoms with Gasteiger partial charge in [0.15, 0.2) is 0 Å². The lowest BCUT2D eigenvalue weighted by atomic mass is 10.1. The van der Waals surface area contributed by atoms with Crippen LogP contribution in [0.4, 0.5) is 0 Å². The lowest BCUT2D eigenvalue weighted by molar-refractivity contribution is 0.212. The maximum atomic E-state index is 4.75. The molecule has 0 amide bonds. The molecule has 3 nitrogen and oxygen atoms in total. The quantitative estimate of drug-likeness (QED) is 0.523. The zero-order valence-electron chi connectivity index (χ0n) is 6.92. The number of nitrogens with zero attached hydrogens (tertiary/aromatic N) is 2. The van der Waals surface area contributed by atoms with Crippen molar-refractivity contribution >= 4 is 5.71 Å². The molecule has 2 fully saturated rings. The molecule has 3 heteroatoms. The molecule has 0 N–H and O–H groups in total. The Morgan fingerprint density at radius 3 is 3.27 bits per heavy atom. The summed E-state index contributed by atoms with van der Waals surface area (Å²) in [5.74, 6) is 0. The van der Waals surface area contributed by atoms with Crippen LogP contribution < -0.4 is 0 Å². The van der Waals surface area contributed by atoms with Gasteiger partial charge in [0.2, 0.25) is 0 Å². The Bertz CT molecular complexity index is 165. The highest BCUT2D eigenvalue weighted by Crippen LogP contribution is 2.25. The van der Waals surface area contributed by atoms with Gasteiger partial charge in [-0.3, -0.25) is 4.90 Å². The van der Waals surface area contributed by atoms with Crippen LogP contribution in [0.3, 0.4) is 0 Å². The lowest BCUT2D eigenvalue weighted by Gasteiger charge is -2.11. The van der Waals surface area contributed by atoms with E-state index < -0.39 is 0 Å². The van der Waals surface area contributed by atoms with Crippen molar-refractivity contribution in [3.05, 3.63) is 0 Å². The largest absolute Gasteiger partial charge is 0.399 e. The van der Waals surface area contributed by atoms with Crippen LogP contribution in [0.2, 0.25) is 0 Å². The Morgan fingerprint density at radius 2 is 2.55 bits per heavy atom. The van der Waals surface area contributed by atoms with Crippen molar-refractivity contribution in [2.45, 2.75) is 25.3 Å². The second kappa shape index (κ2) is 2.81. The highest BCUT2D eigenvalue weighted by atomic mass is 16.6. The molecule has 0 saturated carbocycles. The molecule has 2 saturated heterocycles. The molecule has 0 bridgehead atoms. The summed E-state index contributed by atoms with van der Waals surface area (Å²) in [6, 6.07) is 0.781. The average molecular weight is 154 g/mol. The standard InChI is InChI=1S/C8H14N2O/c1-11-9-7-5-8-3-2-4-10(8)6-7/h8H,2-6H2,1H3/b9-7-. The van der Waals surface area contributed by atoms with Crippen molar-refractivity contribution in [3.8, 4) is 0 Å². The van der Waals surface area contributed by atoms with E-state index in [1.807, 2.05) is 0 Å². The van der Waals surface area contributed by atoms with Crippen LogP contribution in [0.1, 0.15) is 19.3 Å². The highest BCUT2D eigenvalue weighted by molar-refractivity contribution is 5.88. The van der Waals surface area contributed by atoms with Gasteiger partial charge in [-0.25, -0.2) is 0 Å². The molecular formula is C8H14N2O. The monoisotopic (exact) mass is 154 g/mol. The summed E-state index contributed by atoms with van der Waals surface area (Å²) in [7, 11) is 1.62. The maximum absolute atomic E-state index is 4.75. The topological polar surface area (TPSA) is 24.8 Å². The van der Waals surface area contributed by atoms with E-state index in [2.05, 4.69) is 10.1 Å². The first-order valence-corrected chi connectivity index (χ1v) is 4.23. The highest BCUT2D eigenvalue weighted by Gasteiger charge is 2.32. The van der Waals surface area contributed by atoms with Crippen molar-refractivity contribution in [3.63, 3.8) is 0 Å². The van der Waals surface area contributed by atoms with Crippen LogP contribution in [-0.2, 0) is 4.84 Å². The Kier molecular flexibility index (Phi) is 1.82. The third-order valence-electron chi connectivity index (χ3n) is 2.58. The van der Waals surface area contributed by atoms with Crippen molar-refractivity contribution in [2.24, 2.45) is 5.16 Å². The molecule has 0 spiro atoms. The third kappa shape index (κ3) is 1.25. The number of rotatable bonds is 1. The van der Waals surface area contributed by atoms with E-state index in [1.54, 1.807) is 7.11 Å². The molecule has 2 aliphatic rings. The Morgan fingerprint density at radius 1 is 1.64 bits per heavy atom. The summed E-state index contributed by atoms with van der Waals surface area (Å²) in [4.78, 5) is 7.25. The van der Waals surface area contributed by atoms with Gasteiger partial charge in [0.25, 0.3) is 0 Å². The minimum Gasteiger partial charge on any atom is -0.399 e. The molecular weight excluding hydrogens is 140 g/mol. The van der Waals surface area contributed by atoms with Crippen molar-refractivity contribution in [1.29, 1.82) is 0 Å². The van der Waals surface area contributed by atoms with Gasteiger partial charge in [0.05, 0.1) is 5.71 Å². The first kappa shape index (κ1) is 7.10. The fourth-order valence-electron chi connectivity index (χ4n) is 2.10. The molecule has 0 aromatic rings. The number of oxime groups is 1. The summed E-state index contributed by atoms with van der Waals surface area (Å²) >= 11 is 0. The molecule has 0 aliphatic carbocycles. The average Bonchev–Trinajstić information content (AvgIpc) is 2.46. The number of hydrogen-bond acceptors (Lipinski definition) is 3. The minimum atomic E-state index is 0.781. The molecule has 0 aromatic carbocycles. The van der Waals surface area contributed by atoms with E-state index in [0.29, 0.717) is 0 Å². The molecule has 1 atom stereocenters.